The smallest absolute Gasteiger partial charge is 0.356 e. The van der Waals surface area contributed by atoms with Crippen molar-refractivity contribution in [3.63, 3.8) is 0 Å². The zero-order chi connectivity index (χ0) is 15.5. The summed E-state index contributed by atoms with van der Waals surface area (Å²) in [5, 5.41) is 14.2. The van der Waals surface area contributed by atoms with Crippen molar-refractivity contribution in [3.05, 3.63) is 18.2 Å². The van der Waals surface area contributed by atoms with Gasteiger partial charge in [-0.25, -0.2) is 14.6 Å². The molecule has 0 aliphatic heterocycles. The fourth-order valence-corrected chi connectivity index (χ4v) is 1.70. The summed E-state index contributed by atoms with van der Waals surface area (Å²) in [5.74, 6) is -1.06. The Bertz CT molecular complexity index is 447. The first kappa shape index (κ1) is 17.0. The highest BCUT2D eigenvalue weighted by atomic mass is 16.5. The van der Waals surface area contributed by atoms with Crippen LogP contribution in [-0.4, -0.2) is 53.5 Å². The molecule has 0 atom stereocenters. The molecule has 0 spiro atoms. The summed E-state index contributed by atoms with van der Waals surface area (Å²) in [6.07, 6.45) is 5.78. The monoisotopic (exact) mass is 298 g/mol. The van der Waals surface area contributed by atoms with Gasteiger partial charge < -0.3 is 25.0 Å². The first-order valence-electron chi connectivity index (χ1n) is 6.89. The fourth-order valence-electron chi connectivity index (χ4n) is 1.70. The molecule has 0 radical (unpaired) electrons. The lowest BCUT2D eigenvalue weighted by molar-refractivity contribution is 0.0691. The summed E-state index contributed by atoms with van der Waals surface area (Å²) < 4.78 is 6.56. The molecule has 0 bridgehead atoms. The van der Waals surface area contributed by atoms with Gasteiger partial charge in [-0.2, -0.15) is 0 Å². The van der Waals surface area contributed by atoms with Crippen molar-refractivity contribution < 1.29 is 19.4 Å². The molecule has 0 fully saturated rings. The van der Waals surface area contributed by atoms with Gasteiger partial charge in [-0.3, -0.25) is 0 Å². The summed E-state index contributed by atoms with van der Waals surface area (Å²) in [6, 6.07) is -0.222. The molecule has 0 saturated heterocycles. The number of aromatic carboxylic acids is 1. The van der Waals surface area contributed by atoms with Gasteiger partial charge in [0.05, 0.1) is 6.33 Å². The Morgan fingerprint density at radius 1 is 1.29 bits per heavy atom. The number of hydrogen-bond acceptors (Lipinski definition) is 4. The van der Waals surface area contributed by atoms with Gasteiger partial charge in [0.1, 0.15) is 0 Å². The number of unbranched alkanes of at least 4 members (excludes halogenated alkanes) is 2. The number of amides is 2. The number of urea groups is 1. The Labute approximate surface area is 123 Å². The molecule has 3 N–H and O–H groups in total. The molecule has 0 unspecified atom stereocenters. The van der Waals surface area contributed by atoms with Crippen molar-refractivity contribution in [1.29, 1.82) is 0 Å². The SMILES string of the molecule is COCCCCCNC(=O)NCCn1cnc(C(=O)O)c1. The van der Waals surface area contributed by atoms with Gasteiger partial charge in [0, 0.05) is 39.5 Å². The highest BCUT2D eigenvalue weighted by Crippen LogP contribution is 1.95. The predicted molar refractivity (Wildman–Crippen MR) is 76.3 cm³/mol. The van der Waals surface area contributed by atoms with Crippen LogP contribution in [0.15, 0.2) is 12.5 Å². The van der Waals surface area contributed by atoms with Gasteiger partial charge in [-0.1, -0.05) is 0 Å². The molecule has 1 aromatic rings. The number of carboxylic acid groups (broad SMARTS) is 1. The van der Waals surface area contributed by atoms with Crippen LogP contribution in [0.3, 0.4) is 0 Å². The molecule has 0 aliphatic carbocycles. The summed E-state index contributed by atoms with van der Waals surface area (Å²) >= 11 is 0. The average molecular weight is 298 g/mol. The normalized spacial score (nSPS) is 10.3. The minimum Gasteiger partial charge on any atom is -0.476 e. The van der Waals surface area contributed by atoms with E-state index in [4.69, 9.17) is 9.84 Å². The van der Waals surface area contributed by atoms with Gasteiger partial charge in [0.25, 0.3) is 0 Å². The lowest BCUT2D eigenvalue weighted by atomic mass is 10.2. The fraction of sp³-hybridized carbons (Fsp3) is 0.615. The number of methoxy groups -OCH3 is 1. The highest BCUT2D eigenvalue weighted by Gasteiger charge is 2.06. The largest absolute Gasteiger partial charge is 0.476 e. The summed E-state index contributed by atoms with van der Waals surface area (Å²) in [7, 11) is 1.67. The van der Waals surface area contributed by atoms with Crippen LogP contribution in [0.4, 0.5) is 4.79 Å². The van der Waals surface area contributed by atoms with E-state index in [0.717, 1.165) is 25.9 Å². The molecule has 21 heavy (non-hydrogen) atoms. The molecule has 1 aromatic heterocycles. The second-order valence-corrected chi connectivity index (χ2v) is 4.54. The Kier molecular flexibility index (Phi) is 7.88. The number of imidazole rings is 1. The second-order valence-electron chi connectivity index (χ2n) is 4.54. The number of aromatic nitrogens is 2. The van der Waals surface area contributed by atoms with E-state index >= 15 is 0 Å². The molecular formula is C13H22N4O4. The summed E-state index contributed by atoms with van der Waals surface area (Å²) in [5.41, 5.74) is -0.00416. The van der Waals surface area contributed by atoms with Crippen molar-refractivity contribution in [2.75, 3.05) is 26.8 Å². The molecule has 1 heterocycles. The lowest BCUT2D eigenvalue weighted by Gasteiger charge is -2.07. The lowest BCUT2D eigenvalue weighted by Crippen LogP contribution is -2.37. The molecule has 0 aromatic carbocycles. The van der Waals surface area contributed by atoms with Crippen LogP contribution in [0.1, 0.15) is 29.8 Å². The average Bonchev–Trinajstić information content (AvgIpc) is 2.92. The van der Waals surface area contributed by atoms with Crippen LogP contribution in [0.2, 0.25) is 0 Å². The molecule has 2 amide bonds. The van der Waals surface area contributed by atoms with Gasteiger partial charge in [-0.15, -0.1) is 0 Å². The molecule has 0 saturated carbocycles. The molecule has 0 aliphatic rings. The number of nitrogens with one attached hydrogen (secondary N) is 2. The molecular weight excluding hydrogens is 276 g/mol. The van der Waals surface area contributed by atoms with Crippen LogP contribution in [-0.2, 0) is 11.3 Å². The standard InChI is InChI=1S/C13H22N4O4/c1-21-8-4-2-3-5-14-13(20)15-6-7-17-9-11(12(18)19)16-10-17/h9-10H,2-8H2,1H3,(H,18,19)(H2,14,15,20). The van der Waals surface area contributed by atoms with E-state index in [1.165, 1.54) is 12.5 Å². The van der Waals surface area contributed by atoms with Gasteiger partial charge in [0.15, 0.2) is 5.69 Å². The van der Waals surface area contributed by atoms with Gasteiger partial charge in [0.2, 0.25) is 0 Å². The minimum atomic E-state index is -1.06. The maximum absolute atomic E-state index is 11.5. The zero-order valence-electron chi connectivity index (χ0n) is 12.2. The van der Waals surface area contributed by atoms with Gasteiger partial charge in [-0.05, 0) is 19.3 Å². The van der Waals surface area contributed by atoms with Crippen molar-refractivity contribution in [3.8, 4) is 0 Å². The summed E-state index contributed by atoms with van der Waals surface area (Å²) in [6.45, 7) is 2.26. The summed E-state index contributed by atoms with van der Waals surface area (Å²) in [4.78, 5) is 25.8. The predicted octanol–water partition coefficient (Wildman–Crippen LogP) is 0.697. The van der Waals surface area contributed by atoms with E-state index in [-0.39, 0.29) is 11.7 Å². The number of ether oxygens (including phenoxy) is 1. The maximum atomic E-state index is 11.5. The number of carboxylic acids is 1. The van der Waals surface area contributed by atoms with Crippen molar-refractivity contribution in [2.24, 2.45) is 0 Å². The first-order valence-corrected chi connectivity index (χ1v) is 6.89. The first-order chi connectivity index (χ1) is 10.1. The Balaban J connectivity index is 2.06. The Morgan fingerprint density at radius 3 is 2.71 bits per heavy atom. The number of hydrogen-bond donors (Lipinski definition) is 3. The number of nitrogens with zero attached hydrogens (tertiary/aromatic N) is 2. The number of rotatable bonds is 10. The third kappa shape index (κ3) is 7.31. The molecule has 8 nitrogen and oxygen atoms in total. The van der Waals surface area contributed by atoms with Crippen molar-refractivity contribution in [1.82, 2.24) is 20.2 Å². The van der Waals surface area contributed by atoms with Crippen LogP contribution in [0.5, 0.6) is 0 Å². The zero-order valence-corrected chi connectivity index (χ0v) is 12.2. The molecule has 8 heteroatoms. The van der Waals surface area contributed by atoms with Crippen molar-refractivity contribution >= 4 is 12.0 Å². The van der Waals surface area contributed by atoms with E-state index in [1.807, 2.05) is 0 Å². The quantitative estimate of drug-likeness (QED) is 0.551. The molecule has 1 rings (SSSR count). The van der Waals surface area contributed by atoms with E-state index in [1.54, 1.807) is 11.7 Å². The number of carbonyl (C=O) groups excluding carboxylic acids is 1. The maximum Gasteiger partial charge on any atom is 0.356 e. The number of carbonyl (C=O) groups is 2. The van der Waals surface area contributed by atoms with Crippen LogP contribution in [0.25, 0.3) is 0 Å². The highest BCUT2D eigenvalue weighted by molar-refractivity contribution is 5.84. The van der Waals surface area contributed by atoms with E-state index in [9.17, 15) is 9.59 Å². The third-order valence-electron chi connectivity index (χ3n) is 2.82. The molecule has 118 valence electrons. The third-order valence-corrected chi connectivity index (χ3v) is 2.82. The van der Waals surface area contributed by atoms with Crippen LogP contribution >= 0.6 is 0 Å². The Hall–Kier alpha value is -2.09. The minimum absolute atomic E-state index is 0.00416. The van der Waals surface area contributed by atoms with Crippen molar-refractivity contribution in [2.45, 2.75) is 25.8 Å². The van der Waals surface area contributed by atoms with Crippen LogP contribution in [0, 0.1) is 0 Å². The van der Waals surface area contributed by atoms with Gasteiger partial charge >= 0.3 is 12.0 Å². The Morgan fingerprint density at radius 2 is 2.05 bits per heavy atom. The topological polar surface area (TPSA) is 105 Å². The van der Waals surface area contributed by atoms with E-state index in [0.29, 0.717) is 19.6 Å². The second kappa shape index (κ2) is 9.76. The van der Waals surface area contributed by atoms with E-state index in [2.05, 4.69) is 15.6 Å². The van der Waals surface area contributed by atoms with Crippen LogP contribution < -0.4 is 10.6 Å². The van der Waals surface area contributed by atoms with E-state index < -0.39 is 5.97 Å².